The van der Waals surface area contributed by atoms with Crippen LogP contribution < -0.4 is 20.1 Å². The zero-order chi connectivity index (χ0) is 20.7. The molecule has 10 heteroatoms. The van der Waals surface area contributed by atoms with Crippen molar-refractivity contribution < 1.29 is 27.5 Å². The molecule has 27 heavy (non-hydrogen) atoms. The molecule has 0 unspecified atom stereocenters. The van der Waals surface area contributed by atoms with E-state index in [1.165, 1.54) is 25.3 Å². The number of nitrogens with one attached hydrogen (secondary N) is 3. The molecule has 1 aromatic rings. The third kappa shape index (κ3) is 7.43. The number of methoxy groups -OCH3 is 1. The van der Waals surface area contributed by atoms with Crippen LogP contribution in [0.4, 0.5) is 4.79 Å². The lowest BCUT2D eigenvalue weighted by atomic mass is 10.1. The number of carbonyl (C=O) groups excluding carboxylic acids is 2. The molecule has 9 nitrogen and oxygen atoms in total. The van der Waals surface area contributed by atoms with E-state index in [1.807, 2.05) is 0 Å². The molecule has 0 aliphatic heterocycles. The Balaban J connectivity index is 2.88. The van der Waals surface area contributed by atoms with Crippen LogP contribution in [0.15, 0.2) is 23.1 Å². The minimum atomic E-state index is -3.89. The molecule has 0 aliphatic rings. The Bertz CT molecular complexity index is 771. The van der Waals surface area contributed by atoms with Gasteiger partial charge in [0.25, 0.3) is 5.91 Å². The van der Waals surface area contributed by atoms with Gasteiger partial charge in [-0.05, 0) is 45.9 Å². The average Bonchev–Trinajstić information content (AvgIpc) is 2.56. The van der Waals surface area contributed by atoms with Crippen LogP contribution in [-0.2, 0) is 14.8 Å². The second-order valence-corrected chi connectivity index (χ2v) is 8.28. The quantitative estimate of drug-likeness (QED) is 0.564. The molecule has 0 heterocycles. The van der Waals surface area contributed by atoms with E-state index in [4.69, 9.17) is 9.47 Å². The third-order valence-corrected chi connectivity index (χ3v) is 4.89. The lowest BCUT2D eigenvalue weighted by Gasteiger charge is -2.21. The third-order valence-electron chi connectivity index (χ3n) is 3.11. The standard InChI is InChI=1S/C17H27N3O6S/c1-6-26-16(22)19-10-9-18-15(21)12-7-8-13(25-5)14(11-12)27(23,24)20-17(2,3)4/h7-8,11,20H,6,9-10H2,1-5H3,(H,18,21)(H,19,22). The largest absolute Gasteiger partial charge is 0.495 e. The number of hydrogen-bond donors (Lipinski definition) is 3. The fourth-order valence-corrected chi connectivity index (χ4v) is 3.73. The molecule has 0 spiro atoms. The van der Waals surface area contributed by atoms with Gasteiger partial charge in [0.1, 0.15) is 10.6 Å². The normalized spacial score (nSPS) is 11.6. The minimum Gasteiger partial charge on any atom is -0.495 e. The summed E-state index contributed by atoms with van der Waals surface area (Å²) in [5.74, 6) is -0.345. The Morgan fingerprint density at radius 1 is 1.11 bits per heavy atom. The Morgan fingerprint density at radius 2 is 1.74 bits per heavy atom. The highest BCUT2D eigenvalue weighted by Crippen LogP contribution is 2.26. The van der Waals surface area contributed by atoms with E-state index in [0.29, 0.717) is 0 Å². The summed E-state index contributed by atoms with van der Waals surface area (Å²) >= 11 is 0. The number of sulfonamides is 1. The maximum Gasteiger partial charge on any atom is 0.407 e. The Labute approximate surface area is 159 Å². The van der Waals surface area contributed by atoms with Crippen molar-refractivity contribution in [1.29, 1.82) is 0 Å². The molecule has 0 saturated heterocycles. The molecular weight excluding hydrogens is 374 g/mol. The molecule has 152 valence electrons. The van der Waals surface area contributed by atoms with E-state index in [1.54, 1.807) is 27.7 Å². The molecular formula is C17H27N3O6S. The predicted octanol–water partition coefficient (Wildman–Crippen LogP) is 1.25. The van der Waals surface area contributed by atoms with E-state index in [0.717, 1.165) is 0 Å². The van der Waals surface area contributed by atoms with Crippen molar-refractivity contribution in [2.24, 2.45) is 0 Å². The number of carbonyl (C=O) groups is 2. The molecule has 0 atom stereocenters. The number of amides is 2. The fraction of sp³-hybridized carbons (Fsp3) is 0.529. The molecule has 1 aromatic carbocycles. The van der Waals surface area contributed by atoms with Crippen LogP contribution in [0.5, 0.6) is 5.75 Å². The van der Waals surface area contributed by atoms with Gasteiger partial charge in [-0.2, -0.15) is 0 Å². The van der Waals surface area contributed by atoms with Crippen molar-refractivity contribution in [3.05, 3.63) is 23.8 Å². The van der Waals surface area contributed by atoms with Gasteiger partial charge in [0.2, 0.25) is 10.0 Å². The van der Waals surface area contributed by atoms with Gasteiger partial charge >= 0.3 is 6.09 Å². The lowest BCUT2D eigenvalue weighted by Crippen LogP contribution is -2.40. The van der Waals surface area contributed by atoms with E-state index < -0.39 is 27.6 Å². The van der Waals surface area contributed by atoms with Gasteiger partial charge in [-0.15, -0.1) is 0 Å². The van der Waals surface area contributed by atoms with Gasteiger partial charge in [0.15, 0.2) is 0 Å². The van der Waals surface area contributed by atoms with E-state index in [9.17, 15) is 18.0 Å². The first-order valence-electron chi connectivity index (χ1n) is 8.41. The first kappa shape index (κ1) is 22.7. The average molecular weight is 401 g/mol. The van der Waals surface area contributed by atoms with Crippen molar-refractivity contribution >= 4 is 22.0 Å². The topological polar surface area (TPSA) is 123 Å². The van der Waals surface area contributed by atoms with Crippen LogP contribution in [0.1, 0.15) is 38.1 Å². The predicted molar refractivity (Wildman–Crippen MR) is 100 cm³/mol. The first-order chi connectivity index (χ1) is 12.5. The number of hydrogen-bond acceptors (Lipinski definition) is 6. The van der Waals surface area contributed by atoms with Crippen LogP contribution in [0.2, 0.25) is 0 Å². The van der Waals surface area contributed by atoms with E-state index in [2.05, 4.69) is 15.4 Å². The summed E-state index contributed by atoms with van der Waals surface area (Å²) in [6.45, 7) is 7.41. The van der Waals surface area contributed by atoms with Crippen molar-refractivity contribution in [3.63, 3.8) is 0 Å². The molecule has 1 rings (SSSR count). The zero-order valence-electron chi connectivity index (χ0n) is 16.2. The van der Waals surface area contributed by atoms with Gasteiger partial charge in [0.05, 0.1) is 13.7 Å². The first-order valence-corrected chi connectivity index (χ1v) is 9.89. The van der Waals surface area contributed by atoms with Gasteiger partial charge in [0, 0.05) is 24.2 Å². The van der Waals surface area contributed by atoms with Crippen molar-refractivity contribution in [3.8, 4) is 5.75 Å². The second-order valence-electron chi connectivity index (χ2n) is 6.62. The molecule has 0 radical (unpaired) electrons. The molecule has 0 fully saturated rings. The zero-order valence-corrected chi connectivity index (χ0v) is 17.0. The molecule has 0 aromatic heterocycles. The fourth-order valence-electron chi connectivity index (χ4n) is 2.11. The van der Waals surface area contributed by atoms with Crippen molar-refractivity contribution in [2.75, 3.05) is 26.8 Å². The summed E-state index contributed by atoms with van der Waals surface area (Å²) in [6, 6.07) is 4.13. The van der Waals surface area contributed by atoms with Crippen LogP contribution >= 0.6 is 0 Å². The maximum absolute atomic E-state index is 12.6. The summed E-state index contributed by atoms with van der Waals surface area (Å²) in [5.41, 5.74) is -0.540. The van der Waals surface area contributed by atoms with E-state index >= 15 is 0 Å². The maximum atomic E-state index is 12.6. The number of benzene rings is 1. The lowest BCUT2D eigenvalue weighted by molar-refractivity contribution is 0.0952. The highest BCUT2D eigenvalue weighted by atomic mass is 32.2. The minimum absolute atomic E-state index is 0.128. The van der Waals surface area contributed by atoms with E-state index in [-0.39, 0.29) is 35.9 Å². The van der Waals surface area contributed by atoms with Crippen LogP contribution in [-0.4, -0.2) is 52.8 Å². The van der Waals surface area contributed by atoms with Gasteiger partial charge < -0.3 is 20.1 Å². The van der Waals surface area contributed by atoms with Crippen LogP contribution in [0.3, 0.4) is 0 Å². The second kappa shape index (κ2) is 9.56. The summed E-state index contributed by atoms with van der Waals surface area (Å²) in [4.78, 5) is 23.3. The summed E-state index contributed by atoms with van der Waals surface area (Å²) < 4.78 is 37.6. The monoisotopic (exact) mass is 401 g/mol. The number of ether oxygens (including phenoxy) is 2. The Hall–Kier alpha value is -2.33. The highest BCUT2D eigenvalue weighted by Gasteiger charge is 2.26. The molecule has 0 aliphatic carbocycles. The van der Waals surface area contributed by atoms with Crippen LogP contribution in [0.25, 0.3) is 0 Å². The van der Waals surface area contributed by atoms with Gasteiger partial charge in [-0.1, -0.05) is 0 Å². The Kier molecular flexibility index (Phi) is 8.04. The number of rotatable bonds is 8. The van der Waals surface area contributed by atoms with Crippen molar-refractivity contribution in [2.45, 2.75) is 38.1 Å². The van der Waals surface area contributed by atoms with Gasteiger partial charge in [-0.3, -0.25) is 4.79 Å². The molecule has 0 saturated carbocycles. The Morgan fingerprint density at radius 3 is 2.30 bits per heavy atom. The SMILES string of the molecule is CCOC(=O)NCCNC(=O)c1ccc(OC)c(S(=O)(=O)NC(C)(C)C)c1. The molecule has 3 N–H and O–H groups in total. The highest BCUT2D eigenvalue weighted by molar-refractivity contribution is 7.89. The molecule has 0 bridgehead atoms. The summed E-state index contributed by atoms with van der Waals surface area (Å²) in [6.07, 6.45) is -0.571. The van der Waals surface area contributed by atoms with Gasteiger partial charge in [-0.25, -0.2) is 17.9 Å². The smallest absolute Gasteiger partial charge is 0.407 e. The summed E-state index contributed by atoms with van der Waals surface area (Å²) in [5, 5.41) is 5.06. The van der Waals surface area contributed by atoms with Crippen LogP contribution in [0, 0.1) is 0 Å². The molecule has 2 amide bonds. The van der Waals surface area contributed by atoms with Crippen molar-refractivity contribution in [1.82, 2.24) is 15.4 Å². The summed E-state index contributed by atoms with van der Waals surface area (Å²) in [7, 11) is -2.53. The number of alkyl carbamates (subject to hydrolysis) is 1.